The number of hydrogen-bond acceptors (Lipinski definition) is 3. The van der Waals surface area contributed by atoms with Crippen LogP contribution in [0.15, 0.2) is 24.4 Å². The topological polar surface area (TPSA) is 38.9 Å². The third kappa shape index (κ3) is 2.28. The quantitative estimate of drug-likeness (QED) is 0.810. The molecule has 1 aromatic rings. The summed E-state index contributed by atoms with van der Waals surface area (Å²) >= 11 is 2.04. The maximum Gasteiger partial charge on any atom is 0.0573 e. The van der Waals surface area contributed by atoms with Crippen molar-refractivity contribution in [3.05, 3.63) is 30.1 Å². The van der Waals surface area contributed by atoms with E-state index in [-0.39, 0.29) is 6.04 Å². The van der Waals surface area contributed by atoms with Gasteiger partial charge in [0.1, 0.15) is 0 Å². The van der Waals surface area contributed by atoms with Crippen molar-refractivity contribution in [1.82, 2.24) is 4.98 Å². The Morgan fingerprint density at radius 2 is 2.14 bits per heavy atom. The first-order valence-electron chi connectivity index (χ1n) is 5.12. The Morgan fingerprint density at radius 3 is 2.79 bits per heavy atom. The number of hydrogen-bond donors (Lipinski definition) is 1. The molecule has 14 heavy (non-hydrogen) atoms. The zero-order valence-corrected chi connectivity index (χ0v) is 9.04. The van der Waals surface area contributed by atoms with Gasteiger partial charge in [0.05, 0.1) is 5.69 Å². The first-order valence-corrected chi connectivity index (χ1v) is 6.27. The molecule has 0 aliphatic carbocycles. The molecule has 0 amide bonds. The molecular weight excluding hydrogens is 192 g/mol. The van der Waals surface area contributed by atoms with Gasteiger partial charge in [0.25, 0.3) is 0 Å². The highest BCUT2D eigenvalue weighted by Crippen LogP contribution is 2.30. The second-order valence-corrected chi connectivity index (χ2v) is 4.95. The second-order valence-electron chi connectivity index (χ2n) is 3.73. The van der Waals surface area contributed by atoms with Gasteiger partial charge < -0.3 is 5.73 Å². The molecule has 1 aliphatic rings. The average molecular weight is 208 g/mol. The lowest BCUT2D eigenvalue weighted by molar-refractivity contribution is 0.397. The van der Waals surface area contributed by atoms with Crippen LogP contribution in [0, 0.1) is 5.92 Å². The maximum atomic E-state index is 6.20. The number of aromatic nitrogens is 1. The van der Waals surface area contributed by atoms with Gasteiger partial charge in [-0.05, 0) is 42.4 Å². The standard InChI is InChI=1S/C11H16N2S/c12-11(9-4-7-14-8-5-9)10-3-1-2-6-13-10/h1-3,6,9,11H,4-5,7-8,12H2. The first kappa shape index (κ1) is 9.99. The van der Waals surface area contributed by atoms with Crippen LogP contribution in [0.25, 0.3) is 0 Å². The summed E-state index contributed by atoms with van der Waals surface area (Å²) in [7, 11) is 0. The summed E-state index contributed by atoms with van der Waals surface area (Å²) in [4.78, 5) is 4.32. The zero-order chi connectivity index (χ0) is 9.80. The van der Waals surface area contributed by atoms with Gasteiger partial charge in [0, 0.05) is 12.2 Å². The monoisotopic (exact) mass is 208 g/mol. The predicted molar refractivity (Wildman–Crippen MR) is 61.2 cm³/mol. The van der Waals surface area contributed by atoms with Crippen molar-refractivity contribution in [3.8, 4) is 0 Å². The van der Waals surface area contributed by atoms with Gasteiger partial charge in [-0.25, -0.2) is 0 Å². The van der Waals surface area contributed by atoms with Gasteiger partial charge in [-0.3, -0.25) is 4.98 Å². The number of rotatable bonds is 2. The van der Waals surface area contributed by atoms with E-state index < -0.39 is 0 Å². The lowest BCUT2D eigenvalue weighted by atomic mass is 9.92. The average Bonchev–Trinajstić information content (AvgIpc) is 2.30. The van der Waals surface area contributed by atoms with E-state index >= 15 is 0 Å². The van der Waals surface area contributed by atoms with E-state index in [2.05, 4.69) is 4.98 Å². The zero-order valence-electron chi connectivity index (χ0n) is 8.23. The summed E-state index contributed by atoms with van der Waals surface area (Å²) in [6.45, 7) is 0. The Morgan fingerprint density at radius 1 is 1.36 bits per heavy atom. The normalized spacial score (nSPS) is 20.6. The Labute approximate surface area is 89.3 Å². The molecule has 0 bridgehead atoms. The van der Waals surface area contributed by atoms with E-state index in [1.165, 1.54) is 24.3 Å². The van der Waals surface area contributed by atoms with Crippen LogP contribution in [0.3, 0.4) is 0 Å². The van der Waals surface area contributed by atoms with Crippen molar-refractivity contribution in [2.75, 3.05) is 11.5 Å². The largest absolute Gasteiger partial charge is 0.322 e. The van der Waals surface area contributed by atoms with Gasteiger partial charge >= 0.3 is 0 Å². The molecule has 2 N–H and O–H groups in total. The molecule has 0 spiro atoms. The van der Waals surface area contributed by atoms with Crippen LogP contribution in [0.4, 0.5) is 0 Å². The molecular formula is C11H16N2S. The predicted octanol–water partition coefficient (Wildman–Crippen LogP) is 2.22. The molecule has 3 heteroatoms. The molecule has 0 aromatic carbocycles. The van der Waals surface area contributed by atoms with Gasteiger partial charge in [-0.2, -0.15) is 11.8 Å². The molecule has 2 rings (SSSR count). The first-order chi connectivity index (χ1) is 6.88. The smallest absolute Gasteiger partial charge is 0.0573 e. The molecule has 1 atom stereocenters. The van der Waals surface area contributed by atoms with Gasteiger partial charge in [-0.1, -0.05) is 6.07 Å². The summed E-state index contributed by atoms with van der Waals surface area (Å²) in [6.07, 6.45) is 4.30. The minimum absolute atomic E-state index is 0.136. The van der Waals surface area contributed by atoms with Crippen molar-refractivity contribution in [2.24, 2.45) is 11.7 Å². The van der Waals surface area contributed by atoms with Crippen LogP contribution in [0.2, 0.25) is 0 Å². The fourth-order valence-corrected chi connectivity index (χ4v) is 3.03. The maximum absolute atomic E-state index is 6.20. The molecule has 76 valence electrons. The van der Waals surface area contributed by atoms with Crippen LogP contribution in [0.1, 0.15) is 24.6 Å². The number of pyridine rings is 1. The molecule has 0 saturated carbocycles. The van der Waals surface area contributed by atoms with Crippen molar-refractivity contribution < 1.29 is 0 Å². The van der Waals surface area contributed by atoms with E-state index in [1.807, 2.05) is 36.2 Å². The minimum Gasteiger partial charge on any atom is -0.322 e. The van der Waals surface area contributed by atoms with Crippen LogP contribution < -0.4 is 5.73 Å². The summed E-state index contributed by atoms with van der Waals surface area (Å²) in [5, 5.41) is 0. The third-order valence-corrected chi connectivity index (χ3v) is 3.85. The number of thioether (sulfide) groups is 1. The van der Waals surface area contributed by atoms with Crippen LogP contribution in [-0.4, -0.2) is 16.5 Å². The second kappa shape index (κ2) is 4.80. The van der Waals surface area contributed by atoms with Gasteiger partial charge in [-0.15, -0.1) is 0 Å². The summed E-state index contributed by atoms with van der Waals surface area (Å²) < 4.78 is 0. The fourth-order valence-electron chi connectivity index (χ4n) is 1.89. The SMILES string of the molecule is NC(c1ccccn1)C1CCSCC1. The Balaban J connectivity index is 2.03. The van der Waals surface area contributed by atoms with E-state index in [9.17, 15) is 0 Å². The van der Waals surface area contributed by atoms with Crippen molar-refractivity contribution in [3.63, 3.8) is 0 Å². The Bertz CT molecular complexity index is 270. The third-order valence-electron chi connectivity index (χ3n) is 2.80. The van der Waals surface area contributed by atoms with Crippen molar-refractivity contribution in [1.29, 1.82) is 0 Å². The molecule has 2 nitrogen and oxygen atoms in total. The molecule has 0 radical (unpaired) electrons. The van der Waals surface area contributed by atoms with Crippen molar-refractivity contribution in [2.45, 2.75) is 18.9 Å². The van der Waals surface area contributed by atoms with Crippen LogP contribution in [-0.2, 0) is 0 Å². The minimum atomic E-state index is 0.136. The summed E-state index contributed by atoms with van der Waals surface area (Å²) in [6, 6.07) is 6.12. The highest BCUT2D eigenvalue weighted by atomic mass is 32.2. The Hall–Kier alpha value is -0.540. The molecule has 2 heterocycles. The molecule has 1 saturated heterocycles. The van der Waals surface area contributed by atoms with Gasteiger partial charge in [0.2, 0.25) is 0 Å². The molecule has 1 fully saturated rings. The van der Waals surface area contributed by atoms with E-state index in [0.29, 0.717) is 5.92 Å². The van der Waals surface area contributed by atoms with Crippen molar-refractivity contribution >= 4 is 11.8 Å². The summed E-state index contributed by atoms with van der Waals surface area (Å²) in [5.41, 5.74) is 7.24. The molecule has 1 aliphatic heterocycles. The molecule has 1 aromatic heterocycles. The van der Waals surface area contributed by atoms with E-state index in [4.69, 9.17) is 5.73 Å². The van der Waals surface area contributed by atoms with Crippen LogP contribution >= 0.6 is 11.8 Å². The van der Waals surface area contributed by atoms with E-state index in [0.717, 1.165) is 5.69 Å². The Kier molecular flexibility index (Phi) is 3.43. The molecule has 1 unspecified atom stereocenters. The lowest BCUT2D eigenvalue weighted by Gasteiger charge is -2.26. The van der Waals surface area contributed by atoms with Crippen LogP contribution in [0.5, 0.6) is 0 Å². The number of nitrogens with zero attached hydrogens (tertiary/aromatic N) is 1. The highest BCUT2D eigenvalue weighted by molar-refractivity contribution is 7.99. The number of nitrogens with two attached hydrogens (primary N) is 1. The highest BCUT2D eigenvalue weighted by Gasteiger charge is 2.22. The van der Waals surface area contributed by atoms with Gasteiger partial charge in [0.15, 0.2) is 0 Å². The fraction of sp³-hybridized carbons (Fsp3) is 0.545. The van der Waals surface area contributed by atoms with E-state index in [1.54, 1.807) is 0 Å². The summed E-state index contributed by atoms with van der Waals surface area (Å²) in [5.74, 6) is 3.14. The lowest BCUT2D eigenvalue weighted by Crippen LogP contribution is -2.25.